The van der Waals surface area contributed by atoms with Gasteiger partial charge in [0.2, 0.25) is 0 Å². The Morgan fingerprint density at radius 1 is 1.25 bits per heavy atom. The highest BCUT2D eigenvalue weighted by molar-refractivity contribution is 9.10. The number of aryl methyl sites for hydroxylation is 1. The zero-order valence-corrected chi connectivity index (χ0v) is 14.2. The van der Waals surface area contributed by atoms with Gasteiger partial charge in [-0.1, -0.05) is 18.2 Å². The minimum Gasteiger partial charge on any atom is -0.316 e. The Kier molecular flexibility index (Phi) is 6.07. The quantitative estimate of drug-likeness (QED) is 0.794. The molecule has 4 heteroatoms. The van der Waals surface area contributed by atoms with E-state index >= 15 is 0 Å². The zero-order valence-electron chi connectivity index (χ0n) is 11.8. The van der Waals surface area contributed by atoms with Crippen LogP contribution in [0.1, 0.15) is 11.3 Å². The maximum absolute atomic E-state index is 4.44. The smallest absolute Gasteiger partial charge is 0.0420 e. The van der Waals surface area contributed by atoms with Crippen LogP contribution in [-0.2, 0) is 6.42 Å². The number of nitrogens with zero attached hydrogens (tertiary/aromatic N) is 1. The van der Waals surface area contributed by atoms with Gasteiger partial charge in [-0.2, -0.15) is 0 Å². The fourth-order valence-corrected chi connectivity index (χ4v) is 3.30. The lowest BCUT2D eigenvalue weighted by Gasteiger charge is -2.16. The molecule has 0 radical (unpaired) electrons. The van der Waals surface area contributed by atoms with Crippen molar-refractivity contribution in [3.63, 3.8) is 0 Å². The molecular formula is C16H19BrN2S. The normalized spacial score (nSPS) is 12.3. The predicted molar refractivity (Wildman–Crippen MR) is 90.4 cm³/mol. The lowest BCUT2D eigenvalue weighted by atomic mass is 10.2. The van der Waals surface area contributed by atoms with Gasteiger partial charge < -0.3 is 5.32 Å². The molecule has 0 fully saturated rings. The van der Waals surface area contributed by atoms with Gasteiger partial charge in [0.15, 0.2) is 0 Å². The second-order valence-corrected chi connectivity index (χ2v) is 6.71. The minimum absolute atomic E-state index is 0.424. The molecule has 0 aliphatic heterocycles. The third-order valence-corrected chi connectivity index (χ3v) is 4.99. The van der Waals surface area contributed by atoms with E-state index in [0.29, 0.717) is 6.04 Å². The highest BCUT2D eigenvalue weighted by Crippen LogP contribution is 2.23. The van der Waals surface area contributed by atoms with Crippen molar-refractivity contribution in [3.8, 4) is 0 Å². The number of likely N-dealkylation sites (N-methyl/N-ethyl adjacent to an activating group) is 1. The van der Waals surface area contributed by atoms with Crippen molar-refractivity contribution < 1.29 is 0 Å². The first-order valence-electron chi connectivity index (χ1n) is 6.65. The van der Waals surface area contributed by atoms with Crippen LogP contribution in [0.5, 0.6) is 0 Å². The Morgan fingerprint density at radius 2 is 2.05 bits per heavy atom. The van der Waals surface area contributed by atoms with Crippen LogP contribution in [0.4, 0.5) is 0 Å². The van der Waals surface area contributed by atoms with Crippen LogP contribution in [0, 0.1) is 6.92 Å². The van der Waals surface area contributed by atoms with Crippen molar-refractivity contribution in [2.24, 2.45) is 0 Å². The summed E-state index contributed by atoms with van der Waals surface area (Å²) in [5.41, 5.74) is 2.46. The van der Waals surface area contributed by atoms with E-state index in [1.807, 2.05) is 31.1 Å². The fraction of sp³-hybridized carbons (Fsp3) is 0.312. The summed E-state index contributed by atoms with van der Waals surface area (Å²) in [6.07, 6.45) is 2.80. The number of aromatic nitrogens is 1. The van der Waals surface area contributed by atoms with Crippen molar-refractivity contribution in [3.05, 3.63) is 58.3 Å². The van der Waals surface area contributed by atoms with Crippen molar-refractivity contribution in [2.75, 3.05) is 12.8 Å². The van der Waals surface area contributed by atoms with Gasteiger partial charge in [-0.15, -0.1) is 11.8 Å². The van der Waals surface area contributed by atoms with E-state index in [9.17, 15) is 0 Å². The first kappa shape index (κ1) is 15.5. The van der Waals surface area contributed by atoms with E-state index in [4.69, 9.17) is 0 Å². The molecule has 1 atom stereocenters. The molecule has 1 aromatic carbocycles. The van der Waals surface area contributed by atoms with E-state index < -0.39 is 0 Å². The molecule has 0 saturated heterocycles. The molecule has 1 aromatic heterocycles. The third kappa shape index (κ3) is 4.62. The summed E-state index contributed by atoms with van der Waals surface area (Å²) in [7, 11) is 2.02. The molecule has 0 amide bonds. The minimum atomic E-state index is 0.424. The molecule has 1 heterocycles. The maximum atomic E-state index is 4.44. The Bertz CT molecular complexity index is 542. The number of rotatable bonds is 6. The molecule has 0 saturated carbocycles. The predicted octanol–water partition coefficient (Wildman–Crippen LogP) is 4.08. The Morgan fingerprint density at radius 3 is 2.70 bits per heavy atom. The van der Waals surface area contributed by atoms with Crippen LogP contribution < -0.4 is 5.32 Å². The number of nitrogens with one attached hydrogen (secondary N) is 1. The number of hydrogen-bond acceptors (Lipinski definition) is 3. The van der Waals surface area contributed by atoms with E-state index in [1.165, 1.54) is 10.5 Å². The van der Waals surface area contributed by atoms with Crippen molar-refractivity contribution in [1.29, 1.82) is 0 Å². The van der Waals surface area contributed by atoms with Gasteiger partial charge in [0.05, 0.1) is 0 Å². The molecule has 0 aliphatic carbocycles. The van der Waals surface area contributed by atoms with Crippen LogP contribution in [0.2, 0.25) is 0 Å². The van der Waals surface area contributed by atoms with Gasteiger partial charge in [0.25, 0.3) is 0 Å². The highest BCUT2D eigenvalue weighted by Gasteiger charge is 2.09. The summed E-state index contributed by atoms with van der Waals surface area (Å²) < 4.78 is 1.02. The summed E-state index contributed by atoms with van der Waals surface area (Å²) in [6, 6.07) is 13.1. The highest BCUT2D eigenvalue weighted by atomic mass is 79.9. The Balaban J connectivity index is 1.92. The lowest BCUT2D eigenvalue weighted by Crippen LogP contribution is -2.30. The van der Waals surface area contributed by atoms with Crippen LogP contribution in [0.3, 0.4) is 0 Å². The maximum Gasteiger partial charge on any atom is 0.0420 e. The molecule has 1 N–H and O–H groups in total. The van der Waals surface area contributed by atoms with Gasteiger partial charge in [0, 0.05) is 39.5 Å². The van der Waals surface area contributed by atoms with Crippen molar-refractivity contribution >= 4 is 27.7 Å². The van der Waals surface area contributed by atoms with Gasteiger partial charge in [-0.05, 0) is 53.7 Å². The Hall–Kier alpha value is -0.840. The van der Waals surface area contributed by atoms with E-state index in [-0.39, 0.29) is 0 Å². The molecule has 20 heavy (non-hydrogen) atoms. The summed E-state index contributed by atoms with van der Waals surface area (Å²) in [4.78, 5) is 5.80. The van der Waals surface area contributed by atoms with E-state index in [0.717, 1.165) is 22.3 Å². The van der Waals surface area contributed by atoms with Gasteiger partial charge in [-0.3, -0.25) is 4.98 Å². The SMILES string of the molecule is CNC(CSc1ccccc1C)Cc1ccc(Br)cn1. The fourth-order valence-electron chi connectivity index (χ4n) is 1.93. The number of hydrogen-bond donors (Lipinski definition) is 1. The monoisotopic (exact) mass is 350 g/mol. The second-order valence-electron chi connectivity index (χ2n) is 4.73. The molecular weight excluding hydrogens is 332 g/mol. The Labute approximate surface area is 133 Å². The largest absolute Gasteiger partial charge is 0.316 e. The van der Waals surface area contributed by atoms with Crippen molar-refractivity contribution in [1.82, 2.24) is 10.3 Å². The molecule has 2 rings (SSSR count). The van der Waals surface area contributed by atoms with Gasteiger partial charge in [-0.25, -0.2) is 0 Å². The topological polar surface area (TPSA) is 24.9 Å². The number of pyridine rings is 1. The number of halogens is 1. The third-order valence-electron chi connectivity index (χ3n) is 3.19. The van der Waals surface area contributed by atoms with Crippen LogP contribution in [0.15, 0.2) is 52.0 Å². The van der Waals surface area contributed by atoms with Crippen LogP contribution in [0.25, 0.3) is 0 Å². The number of benzene rings is 1. The second kappa shape index (κ2) is 7.81. The first-order chi connectivity index (χ1) is 9.69. The van der Waals surface area contributed by atoms with E-state index in [2.05, 4.69) is 63.5 Å². The summed E-state index contributed by atoms with van der Waals surface area (Å²) in [5.74, 6) is 1.04. The van der Waals surface area contributed by atoms with E-state index in [1.54, 1.807) is 0 Å². The summed E-state index contributed by atoms with van der Waals surface area (Å²) in [5, 5.41) is 3.38. The molecule has 2 aromatic rings. The molecule has 0 spiro atoms. The number of thioether (sulfide) groups is 1. The first-order valence-corrected chi connectivity index (χ1v) is 8.43. The molecule has 106 valence electrons. The zero-order chi connectivity index (χ0) is 14.4. The van der Waals surface area contributed by atoms with Crippen molar-refractivity contribution in [2.45, 2.75) is 24.3 Å². The molecule has 1 unspecified atom stereocenters. The summed E-state index contributed by atoms with van der Waals surface area (Å²) in [6.45, 7) is 2.16. The van der Waals surface area contributed by atoms with Gasteiger partial charge >= 0.3 is 0 Å². The molecule has 2 nitrogen and oxygen atoms in total. The van der Waals surface area contributed by atoms with Crippen LogP contribution >= 0.6 is 27.7 Å². The molecule has 0 bridgehead atoms. The van der Waals surface area contributed by atoms with Gasteiger partial charge in [0.1, 0.15) is 0 Å². The van der Waals surface area contributed by atoms with Crippen LogP contribution in [-0.4, -0.2) is 23.8 Å². The lowest BCUT2D eigenvalue weighted by molar-refractivity contribution is 0.609. The summed E-state index contributed by atoms with van der Waals surface area (Å²) >= 11 is 5.32. The molecule has 0 aliphatic rings. The standard InChI is InChI=1S/C16H19BrN2S/c1-12-5-3-4-6-16(12)20-11-15(18-2)9-14-8-7-13(17)10-19-14/h3-8,10,15,18H,9,11H2,1-2H3. The average Bonchev–Trinajstić information content (AvgIpc) is 2.47. The average molecular weight is 351 g/mol.